The molecule has 0 atom stereocenters. The van der Waals surface area contributed by atoms with E-state index in [1.165, 1.54) is 12.2 Å². The average molecular weight is 230 g/mol. The van der Waals surface area contributed by atoms with Crippen LogP contribution in [0.3, 0.4) is 0 Å². The number of aromatic nitrogens is 1. The first-order chi connectivity index (χ1) is 7.43. The van der Waals surface area contributed by atoms with Crippen molar-refractivity contribution >= 4 is 11.6 Å². The maximum Gasteiger partial charge on any atom is 0.433 e. The molecule has 0 aromatic carbocycles. The van der Waals surface area contributed by atoms with Crippen LogP contribution in [0.25, 0.3) is 0 Å². The van der Waals surface area contributed by atoms with E-state index in [1.54, 1.807) is 6.92 Å². The lowest BCUT2D eigenvalue weighted by atomic mass is 10.3. The first kappa shape index (κ1) is 12.2. The second-order valence-corrected chi connectivity index (χ2v) is 2.92. The van der Waals surface area contributed by atoms with Gasteiger partial charge in [0.1, 0.15) is 5.69 Å². The molecule has 3 nitrogen and oxygen atoms in total. The van der Waals surface area contributed by atoms with E-state index in [9.17, 15) is 18.0 Å². The van der Waals surface area contributed by atoms with E-state index in [1.807, 2.05) is 0 Å². The van der Waals surface area contributed by atoms with Gasteiger partial charge < -0.3 is 5.32 Å². The van der Waals surface area contributed by atoms with Gasteiger partial charge in [0, 0.05) is 0 Å². The molecular formula is C10H9F3N2O. The van der Waals surface area contributed by atoms with Gasteiger partial charge >= 0.3 is 6.18 Å². The number of nitrogens with one attached hydrogen (secondary N) is 1. The van der Waals surface area contributed by atoms with Gasteiger partial charge in [-0.25, -0.2) is 4.98 Å². The molecule has 6 heteroatoms. The van der Waals surface area contributed by atoms with E-state index in [0.29, 0.717) is 0 Å². The number of halogens is 3. The number of amides is 1. The molecule has 0 spiro atoms. The maximum absolute atomic E-state index is 12.1. The summed E-state index contributed by atoms with van der Waals surface area (Å²) in [6, 6.07) is 1.96. The van der Waals surface area contributed by atoms with E-state index in [-0.39, 0.29) is 5.69 Å². The van der Waals surface area contributed by atoms with Crippen LogP contribution in [0.2, 0.25) is 0 Å². The van der Waals surface area contributed by atoms with Crippen LogP contribution in [0.1, 0.15) is 12.6 Å². The Morgan fingerprint density at radius 2 is 2.12 bits per heavy atom. The first-order valence-corrected chi connectivity index (χ1v) is 4.40. The molecule has 0 bridgehead atoms. The van der Waals surface area contributed by atoms with Gasteiger partial charge in [0.15, 0.2) is 0 Å². The van der Waals surface area contributed by atoms with Crippen LogP contribution >= 0.6 is 0 Å². The lowest BCUT2D eigenvalue weighted by molar-refractivity contribution is -0.141. The number of allylic oxidation sites excluding steroid dienone is 1. The molecule has 1 heterocycles. The van der Waals surface area contributed by atoms with Crippen molar-refractivity contribution in [2.45, 2.75) is 13.1 Å². The van der Waals surface area contributed by atoms with Crippen LogP contribution in [-0.4, -0.2) is 10.9 Å². The highest BCUT2D eigenvalue weighted by Gasteiger charge is 2.31. The molecule has 0 unspecified atom stereocenters. The zero-order valence-electron chi connectivity index (χ0n) is 8.38. The van der Waals surface area contributed by atoms with Crippen molar-refractivity contribution in [2.24, 2.45) is 0 Å². The molecule has 0 aliphatic rings. The Bertz CT molecular complexity index is 396. The minimum Gasteiger partial charge on any atom is -0.321 e. The molecule has 0 saturated carbocycles. The molecule has 0 radical (unpaired) electrons. The number of alkyl halides is 3. The third-order valence-electron chi connectivity index (χ3n) is 1.64. The van der Waals surface area contributed by atoms with E-state index in [4.69, 9.17) is 0 Å². The van der Waals surface area contributed by atoms with Crippen molar-refractivity contribution in [1.82, 2.24) is 4.98 Å². The Hall–Kier alpha value is -1.85. The van der Waals surface area contributed by atoms with Crippen LogP contribution < -0.4 is 5.32 Å². The summed E-state index contributed by atoms with van der Waals surface area (Å²) in [5, 5.41) is 2.37. The van der Waals surface area contributed by atoms with E-state index >= 15 is 0 Å². The van der Waals surface area contributed by atoms with Gasteiger partial charge in [0.05, 0.1) is 11.9 Å². The van der Waals surface area contributed by atoms with Gasteiger partial charge in [-0.05, 0) is 25.1 Å². The molecule has 0 fully saturated rings. The Kier molecular flexibility index (Phi) is 3.65. The van der Waals surface area contributed by atoms with Crippen LogP contribution in [-0.2, 0) is 11.0 Å². The zero-order chi connectivity index (χ0) is 12.2. The molecule has 1 rings (SSSR count). The van der Waals surface area contributed by atoms with E-state index in [2.05, 4.69) is 10.3 Å². The summed E-state index contributed by atoms with van der Waals surface area (Å²) in [7, 11) is 0. The van der Waals surface area contributed by atoms with Gasteiger partial charge in [-0.1, -0.05) is 6.08 Å². The number of pyridine rings is 1. The Labute approximate surface area is 90.0 Å². The van der Waals surface area contributed by atoms with E-state index < -0.39 is 17.8 Å². The van der Waals surface area contributed by atoms with Crippen molar-refractivity contribution in [1.29, 1.82) is 0 Å². The Morgan fingerprint density at radius 3 is 2.56 bits per heavy atom. The summed E-state index contributed by atoms with van der Waals surface area (Å²) in [6.45, 7) is 1.66. The summed E-state index contributed by atoms with van der Waals surface area (Å²) < 4.78 is 36.4. The van der Waals surface area contributed by atoms with Gasteiger partial charge in [-0.15, -0.1) is 0 Å². The molecule has 0 saturated heterocycles. The number of hydrogen-bond acceptors (Lipinski definition) is 2. The highest BCUT2D eigenvalue weighted by atomic mass is 19.4. The van der Waals surface area contributed by atoms with Gasteiger partial charge in [0.2, 0.25) is 5.91 Å². The number of carbonyl (C=O) groups excluding carboxylic acids is 1. The van der Waals surface area contributed by atoms with E-state index in [0.717, 1.165) is 18.3 Å². The predicted molar refractivity (Wildman–Crippen MR) is 52.7 cm³/mol. The minimum atomic E-state index is -4.47. The van der Waals surface area contributed by atoms with Crippen LogP contribution in [0.15, 0.2) is 30.5 Å². The minimum absolute atomic E-state index is 0.219. The van der Waals surface area contributed by atoms with Crippen molar-refractivity contribution in [2.75, 3.05) is 5.32 Å². The van der Waals surface area contributed by atoms with Crippen molar-refractivity contribution < 1.29 is 18.0 Å². The van der Waals surface area contributed by atoms with Gasteiger partial charge in [-0.2, -0.15) is 13.2 Å². The number of anilines is 1. The molecule has 16 heavy (non-hydrogen) atoms. The number of hydrogen-bond donors (Lipinski definition) is 1. The molecule has 86 valence electrons. The molecule has 1 aromatic heterocycles. The lowest BCUT2D eigenvalue weighted by Crippen LogP contribution is -2.10. The highest BCUT2D eigenvalue weighted by Crippen LogP contribution is 2.27. The topological polar surface area (TPSA) is 42.0 Å². The van der Waals surface area contributed by atoms with Crippen LogP contribution in [0, 0.1) is 0 Å². The highest BCUT2D eigenvalue weighted by molar-refractivity contribution is 5.99. The Balaban J connectivity index is 2.76. The number of carbonyl (C=O) groups is 1. The second-order valence-electron chi connectivity index (χ2n) is 2.92. The molecule has 1 aromatic rings. The fraction of sp³-hybridized carbons (Fsp3) is 0.200. The average Bonchev–Trinajstić information content (AvgIpc) is 2.17. The fourth-order valence-corrected chi connectivity index (χ4v) is 0.971. The standard InChI is InChI=1S/C10H9F3N2O/c1-2-3-9(16)15-7-4-5-8(14-6-7)10(11,12)13/h2-6H,1H3,(H,15,16)/b3-2+. The summed E-state index contributed by atoms with van der Waals surface area (Å²) in [4.78, 5) is 14.2. The monoisotopic (exact) mass is 230 g/mol. The smallest absolute Gasteiger partial charge is 0.321 e. The SMILES string of the molecule is C/C=C/C(=O)Nc1ccc(C(F)(F)F)nc1. The number of nitrogens with zero attached hydrogens (tertiary/aromatic N) is 1. The van der Waals surface area contributed by atoms with Crippen molar-refractivity contribution in [3.63, 3.8) is 0 Å². The molecule has 1 amide bonds. The third-order valence-corrected chi connectivity index (χ3v) is 1.64. The lowest BCUT2D eigenvalue weighted by Gasteiger charge is -2.06. The number of rotatable bonds is 2. The fourth-order valence-electron chi connectivity index (χ4n) is 0.971. The zero-order valence-corrected chi connectivity index (χ0v) is 8.38. The third kappa shape index (κ3) is 3.38. The first-order valence-electron chi connectivity index (χ1n) is 4.40. The summed E-state index contributed by atoms with van der Waals surface area (Å²) in [5.74, 6) is -0.413. The molecule has 1 N–H and O–H groups in total. The summed E-state index contributed by atoms with van der Waals surface area (Å²) in [5.41, 5.74) is -0.771. The largest absolute Gasteiger partial charge is 0.433 e. The second kappa shape index (κ2) is 4.78. The predicted octanol–water partition coefficient (Wildman–Crippen LogP) is 2.62. The van der Waals surface area contributed by atoms with Crippen molar-refractivity contribution in [3.05, 3.63) is 36.2 Å². The molecular weight excluding hydrogens is 221 g/mol. The summed E-state index contributed by atoms with van der Waals surface area (Å²) >= 11 is 0. The quantitative estimate of drug-likeness (QED) is 0.793. The normalized spacial score (nSPS) is 11.8. The summed E-state index contributed by atoms with van der Waals surface area (Å²) in [6.07, 6.45) is -0.722. The molecule has 0 aliphatic carbocycles. The van der Waals surface area contributed by atoms with Gasteiger partial charge in [-0.3, -0.25) is 4.79 Å². The Morgan fingerprint density at radius 1 is 1.44 bits per heavy atom. The van der Waals surface area contributed by atoms with Crippen molar-refractivity contribution in [3.8, 4) is 0 Å². The van der Waals surface area contributed by atoms with Crippen LogP contribution in [0.5, 0.6) is 0 Å². The molecule has 0 aliphatic heterocycles. The van der Waals surface area contributed by atoms with Crippen LogP contribution in [0.4, 0.5) is 18.9 Å². The maximum atomic E-state index is 12.1. The van der Waals surface area contributed by atoms with Gasteiger partial charge in [0.25, 0.3) is 0 Å².